The molecule has 0 bridgehead atoms. The summed E-state index contributed by atoms with van der Waals surface area (Å²) < 4.78 is 62.8. The van der Waals surface area contributed by atoms with E-state index in [2.05, 4.69) is 23.6 Å². The fourth-order valence-electron chi connectivity index (χ4n) is 4.86. The van der Waals surface area contributed by atoms with Crippen LogP contribution in [-0.4, -0.2) is 68.3 Å². The van der Waals surface area contributed by atoms with E-state index in [0.29, 0.717) is 37.0 Å². The van der Waals surface area contributed by atoms with Gasteiger partial charge in [-0.1, -0.05) is 13.8 Å². The van der Waals surface area contributed by atoms with Gasteiger partial charge in [0.1, 0.15) is 5.82 Å². The first-order valence-electron chi connectivity index (χ1n) is 11.5. The molecule has 1 saturated carbocycles. The second-order valence-electron chi connectivity index (χ2n) is 9.67. The SMILES string of the molecule is Cc1nc(S(=O)(=O)N2CCC[C@H](NS(C)(=O)=O)[C@@H]2COC2CCC(C(C)C)CC2)cn1C. The Morgan fingerprint density at radius 3 is 2.34 bits per heavy atom. The Hall–Kier alpha value is -1.01. The van der Waals surface area contributed by atoms with Crippen LogP contribution in [0, 0.1) is 18.8 Å². The van der Waals surface area contributed by atoms with E-state index in [1.807, 2.05) is 0 Å². The molecule has 2 heterocycles. The highest BCUT2D eigenvalue weighted by Gasteiger charge is 2.42. The van der Waals surface area contributed by atoms with Crippen molar-refractivity contribution in [2.24, 2.45) is 18.9 Å². The van der Waals surface area contributed by atoms with E-state index in [1.54, 1.807) is 18.5 Å². The van der Waals surface area contributed by atoms with Crippen LogP contribution in [0.3, 0.4) is 0 Å². The summed E-state index contributed by atoms with van der Waals surface area (Å²) in [5.41, 5.74) is 0. The third-order valence-corrected chi connectivity index (χ3v) is 9.44. The summed E-state index contributed by atoms with van der Waals surface area (Å²) in [6.45, 7) is 6.72. The first-order chi connectivity index (χ1) is 14.9. The van der Waals surface area contributed by atoms with E-state index in [-0.39, 0.29) is 17.7 Å². The largest absolute Gasteiger partial charge is 0.376 e. The lowest BCUT2D eigenvalue weighted by Gasteiger charge is -2.41. The topological polar surface area (TPSA) is 111 Å². The van der Waals surface area contributed by atoms with Gasteiger partial charge >= 0.3 is 0 Å². The molecule has 1 aromatic heterocycles. The number of piperidine rings is 1. The first-order valence-corrected chi connectivity index (χ1v) is 14.8. The first kappa shape index (κ1) is 25.6. The molecule has 0 unspecified atom stereocenters. The Morgan fingerprint density at radius 2 is 1.81 bits per heavy atom. The summed E-state index contributed by atoms with van der Waals surface area (Å²) in [5.74, 6) is 1.95. The minimum Gasteiger partial charge on any atom is -0.376 e. The quantitative estimate of drug-likeness (QED) is 0.597. The molecule has 3 rings (SSSR count). The number of sulfonamides is 2. The standard InChI is InChI=1S/C21H38N4O5S2/c1-15(2)17-8-10-18(11-9-17)30-14-20-19(23-31(5,26)27)7-6-12-25(20)32(28,29)21-13-24(4)16(3)22-21/h13,15,17-20,23H,6-12,14H2,1-5H3/t17?,18?,19-,20-/m0/s1. The van der Waals surface area contributed by atoms with Crippen molar-refractivity contribution in [3.63, 3.8) is 0 Å². The maximum absolute atomic E-state index is 13.5. The molecular formula is C21H38N4O5S2. The molecule has 0 spiro atoms. The number of ether oxygens (including phenoxy) is 1. The van der Waals surface area contributed by atoms with Gasteiger partial charge in [-0.25, -0.2) is 26.5 Å². The molecule has 2 fully saturated rings. The number of aromatic nitrogens is 2. The van der Waals surface area contributed by atoms with Gasteiger partial charge in [-0.3, -0.25) is 0 Å². The van der Waals surface area contributed by atoms with Crippen LogP contribution in [0.5, 0.6) is 0 Å². The maximum Gasteiger partial charge on any atom is 0.262 e. The van der Waals surface area contributed by atoms with Crippen LogP contribution < -0.4 is 4.72 Å². The number of aryl methyl sites for hydroxylation is 2. The summed E-state index contributed by atoms with van der Waals surface area (Å²) in [7, 11) is -5.64. The number of nitrogens with zero attached hydrogens (tertiary/aromatic N) is 3. The van der Waals surface area contributed by atoms with Crippen molar-refractivity contribution in [1.29, 1.82) is 0 Å². The molecule has 32 heavy (non-hydrogen) atoms. The summed E-state index contributed by atoms with van der Waals surface area (Å²) in [6, 6.07) is -1.15. The Labute approximate surface area is 193 Å². The van der Waals surface area contributed by atoms with Crippen molar-refractivity contribution in [3.05, 3.63) is 12.0 Å². The van der Waals surface area contributed by atoms with Crippen molar-refractivity contribution in [1.82, 2.24) is 18.6 Å². The van der Waals surface area contributed by atoms with Gasteiger partial charge < -0.3 is 9.30 Å². The smallest absolute Gasteiger partial charge is 0.262 e. The summed E-state index contributed by atoms with van der Waals surface area (Å²) >= 11 is 0. The van der Waals surface area contributed by atoms with Gasteiger partial charge in [0.15, 0.2) is 5.03 Å². The monoisotopic (exact) mass is 490 g/mol. The van der Waals surface area contributed by atoms with Crippen LogP contribution in [0.15, 0.2) is 11.2 Å². The number of hydrogen-bond acceptors (Lipinski definition) is 6. The summed E-state index contributed by atoms with van der Waals surface area (Å²) in [6.07, 6.45) is 7.92. The molecule has 184 valence electrons. The number of rotatable bonds is 8. The Bertz CT molecular complexity index is 962. The highest BCUT2D eigenvalue weighted by atomic mass is 32.2. The molecule has 1 aliphatic carbocycles. The Kier molecular flexibility index (Phi) is 8.07. The van der Waals surface area contributed by atoms with E-state index in [4.69, 9.17) is 4.74 Å². The third-order valence-electron chi connectivity index (χ3n) is 6.92. The van der Waals surface area contributed by atoms with E-state index in [1.165, 1.54) is 10.5 Å². The zero-order chi connectivity index (χ0) is 23.7. The molecule has 1 N–H and O–H groups in total. The van der Waals surface area contributed by atoms with Gasteiger partial charge in [-0.2, -0.15) is 4.31 Å². The summed E-state index contributed by atoms with van der Waals surface area (Å²) in [4.78, 5) is 4.22. The lowest BCUT2D eigenvalue weighted by Crippen LogP contribution is -2.58. The molecule has 11 heteroatoms. The van der Waals surface area contributed by atoms with Crippen LogP contribution in [0.1, 0.15) is 58.2 Å². The number of nitrogens with one attached hydrogen (secondary N) is 1. The predicted molar refractivity (Wildman–Crippen MR) is 123 cm³/mol. The van der Waals surface area contributed by atoms with Crippen LogP contribution in [0.4, 0.5) is 0 Å². The van der Waals surface area contributed by atoms with E-state index < -0.39 is 32.1 Å². The summed E-state index contributed by atoms with van der Waals surface area (Å²) in [5, 5.41) is -0.0139. The van der Waals surface area contributed by atoms with Gasteiger partial charge in [0.05, 0.1) is 25.0 Å². The van der Waals surface area contributed by atoms with Gasteiger partial charge in [-0.15, -0.1) is 0 Å². The normalized spacial score (nSPS) is 28.3. The van der Waals surface area contributed by atoms with Gasteiger partial charge in [0.2, 0.25) is 10.0 Å². The lowest BCUT2D eigenvalue weighted by atomic mass is 9.80. The maximum atomic E-state index is 13.5. The van der Waals surface area contributed by atoms with Crippen molar-refractivity contribution in [2.45, 2.75) is 82.5 Å². The lowest BCUT2D eigenvalue weighted by molar-refractivity contribution is -0.0173. The zero-order valence-electron chi connectivity index (χ0n) is 19.8. The van der Waals surface area contributed by atoms with Crippen LogP contribution >= 0.6 is 0 Å². The van der Waals surface area contributed by atoms with Crippen molar-refractivity contribution >= 4 is 20.0 Å². The molecule has 0 aromatic carbocycles. The van der Waals surface area contributed by atoms with Crippen LogP contribution in [0.25, 0.3) is 0 Å². The second-order valence-corrected chi connectivity index (χ2v) is 13.3. The molecule has 0 radical (unpaired) electrons. The average Bonchev–Trinajstić information content (AvgIpc) is 3.05. The molecule has 2 aliphatic rings. The minimum atomic E-state index is -3.89. The molecular weight excluding hydrogens is 452 g/mol. The molecule has 1 aromatic rings. The minimum absolute atomic E-state index is 0.0139. The van der Waals surface area contributed by atoms with Gasteiger partial charge in [0.25, 0.3) is 10.0 Å². The molecule has 1 aliphatic heterocycles. The number of hydrogen-bond donors (Lipinski definition) is 1. The Morgan fingerprint density at radius 1 is 1.16 bits per heavy atom. The fourth-order valence-corrected chi connectivity index (χ4v) is 7.40. The fraction of sp³-hybridized carbons (Fsp3) is 0.857. The van der Waals surface area contributed by atoms with Crippen LogP contribution in [0.2, 0.25) is 0 Å². The highest BCUT2D eigenvalue weighted by molar-refractivity contribution is 7.89. The van der Waals surface area contributed by atoms with Gasteiger partial charge in [-0.05, 0) is 57.3 Å². The van der Waals surface area contributed by atoms with Crippen molar-refractivity contribution in [3.8, 4) is 0 Å². The van der Waals surface area contributed by atoms with Crippen molar-refractivity contribution < 1.29 is 21.6 Å². The third kappa shape index (κ3) is 6.11. The van der Waals surface area contributed by atoms with Crippen molar-refractivity contribution in [2.75, 3.05) is 19.4 Å². The van der Waals surface area contributed by atoms with E-state index >= 15 is 0 Å². The average molecular weight is 491 g/mol. The number of imidazole rings is 1. The Balaban J connectivity index is 1.80. The molecule has 0 amide bonds. The van der Waals surface area contributed by atoms with E-state index in [9.17, 15) is 16.8 Å². The zero-order valence-corrected chi connectivity index (χ0v) is 21.5. The molecule has 9 nitrogen and oxygen atoms in total. The van der Waals surface area contributed by atoms with Gasteiger partial charge in [0, 0.05) is 25.8 Å². The molecule has 1 saturated heterocycles. The predicted octanol–water partition coefficient (Wildman–Crippen LogP) is 2.03. The second kappa shape index (κ2) is 10.1. The van der Waals surface area contributed by atoms with Crippen LogP contribution in [-0.2, 0) is 31.8 Å². The molecule has 2 atom stereocenters. The van der Waals surface area contributed by atoms with E-state index in [0.717, 1.165) is 31.9 Å². The highest BCUT2D eigenvalue weighted by Crippen LogP contribution is 2.32.